The van der Waals surface area contributed by atoms with E-state index in [0.717, 1.165) is 32.7 Å². The van der Waals surface area contributed by atoms with Gasteiger partial charge in [0, 0.05) is 18.6 Å². The lowest BCUT2D eigenvalue weighted by Crippen LogP contribution is -2.40. The molecule has 1 aliphatic heterocycles. The Morgan fingerprint density at radius 3 is 2.26 bits per heavy atom. The molecule has 0 aromatic rings. The predicted molar refractivity (Wildman–Crippen MR) is 79.7 cm³/mol. The third-order valence-electron chi connectivity index (χ3n) is 3.86. The Labute approximate surface area is 118 Å². The van der Waals surface area contributed by atoms with E-state index in [1.54, 1.807) is 0 Å². The van der Waals surface area contributed by atoms with Crippen molar-refractivity contribution in [2.24, 2.45) is 0 Å². The van der Waals surface area contributed by atoms with Gasteiger partial charge < -0.3 is 19.7 Å². The lowest BCUT2D eigenvalue weighted by molar-refractivity contribution is 0.0403. The van der Waals surface area contributed by atoms with E-state index in [-0.39, 0.29) is 5.54 Å². The van der Waals surface area contributed by atoms with Crippen LogP contribution in [0, 0.1) is 0 Å². The van der Waals surface area contributed by atoms with Crippen LogP contribution in [-0.4, -0.2) is 63.0 Å². The SMILES string of the molecule is CCC(C)(C)NCCOCCOCCN1CCCC1. The van der Waals surface area contributed by atoms with Gasteiger partial charge in [-0.25, -0.2) is 0 Å². The van der Waals surface area contributed by atoms with E-state index in [0.29, 0.717) is 13.2 Å². The number of nitrogens with one attached hydrogen (secondary N) is 1. The molecule has 0 unspecified atom stereocenters. The van der Waals surface area contributed by atoms with Gasteiger partial charge in [0.2, 0.25) is 0 Å². The van der Waals surface area contributed by atoms with Crippen LogP contribution in [0.2, 0.25) is 0 Å². The van der Waals surface area contributed by atoms with Gasteiger partial charge in [0.25, 0.3) is 0 Å². The number of rotatable bonds is 11. The van der Waals surface area contributed by atoms with Gasteiger partial charge >= 0.3 is 0 Å². The molecule has 0 aromatic carbocycles. The molecule has 0 spiro atoms. The van der Waals surface area contributed by atoms with E-state index in [2.05, 4.69) is 31.0 Å². The summed E-state index contributed by atoms with van der Waals surface area (Å²) in [5, 5.41) is 3.48. The van der Waals surface area contributed by atoms with Gasteiger partial charge in [-0.2, -0.15) is 0 Å². The molecule has 1 heterocycles. The lowest BCUT2D eigenvalue weighted by atomic mass is 10.0. The summed E-state index contributed by atoms with van der Waals surface area (Å²) in [6, 6.07) is 0. The van der Waals surface area contributed by atoms with Crippen molar-refractivity contribution in [3.8, 4) is 0 Å². The van der Waals surface area contributed by atoms with Gasteiger partial charge in [0.05, 0.1) is 26.4 Å². The number of likely N-dealkylation sites (tertiary alicyclic amines) is 1. The maximum Gasteiger partial charge on any atom is 0.0701 e. The van der Waals surface area contributed by atoms with Crippen molar-refractivity contribution in [1.29, 1.82) is 0 Å². The Balaban J connectivity index is 1.78. The van der Waals surface area contributed by atoms with Crippen molar-refractivity contribution in [2.75, 3.05) is 52.6 Å². The molecule has 0 atom stereocenters. The van der Waals surface area contributed by atoms with Crippen LogP contribution in [0.15, 0.2) is 0 Å². The molecule has 0 saturated carbocycles. The lowest BCUT2D eigenvalue weighted by Gasteiger charge is -2.24. The first-order valence-corrected chi connectivity index (χ1v) is 7.77. The minimum absolute atomic E-state index is 0.218. The zero-order chi connectivity index (χ0) is 14.0. The highest BCUT2D eigenvalue weighted by Gasteiger charge is 2.12. The summed E-state index contributed by atoms with van der Waals surface area (Å²) in [6.45, 7) is 14.1. The molecule has 1 saturated heterocycles. The van der Waals surface area contributed by atoms with Crippen molar-refractivity contribution in [3.05, 3.63) is 0 Å². The minimum Gasteiger partial charge on any atom is -0.378 e. The van der Waals surface area contributed by atoms with Crippen LogP contribution < -0.4 is 5.32 Å². The highest BCUT2D eigenvalue weighted by Crippen LogP contribution is 2.06. The fourth-order valence-corrected chi connectivity index (χ4v) is 2.11. The standard InChI is InChI=1S/C15H32N2O2/c1-4-15(2,3)16-7-11-18-13-14-19-12-10-17-8-5-6-9-17/h16H,4-14H2,1-3H3. The van der Waals surface area contributed by atoms with Gasteiger partial charge in [0.1, 0.15) is 0 Å². The van der Waals surface area contributed by atoms with Crippen molar-refractivity contribution < 1.29 is 9.47 Å². The molecule has 1 N–H and O–H groups in total. The highest BCUT2D eigenvalue weighted by molar-refractivity contribution is 4.74. The number of hydrogen-bond acceptors (Lipinski definition) is 4. The zero-order valence-corrected chi connectivity index (χ0v) is 13.0. The Morgan fingerprint density at radius 2 is 1.63 bits per heavy atom. The maximum atomic E-state index is 5.58. The van der Waals surface area contributed by atoms with Gasteiger partial charge in [-0.05, 0) is 46.2 Å². The van der Waals surface area contributed by atoms with Crippen LogP contribution >= 0.6 is 0 Å². The molecule has 1 aliphatic rings. The van der Waals surface area contributed by atoms with Crippen molar-refractivity contribution >= 4 is 0 Å². The molecule has 114 valence electrons. The quantitative estimate of drug-likeness (QED) is 0.582. The van der Waals surface area contributed by atoms with Crippen LogP contribution in [0.4, 0.5) is 0 Å². The Bertz CT molecular complexity index is 216. The maximum absolute atomic E-state index is 5.58. The van der Waals surface area contributed by atoms with Crippen LogP contribution in [-0.2, 0) is 9.47 Å². The third-order valence-corrected chi connectivity index (χ3v) is 3.86. The average Bonchev–Trinajstić information content (AvgIpc) is 2.90. The van der Waals surface area contributed by atoms with Gasteiger partial charge in [-0.15, -0.1) is 0 Å². The van der Waals surface area contributed by atoms with E-state index < -0.39 is 0 Å². The predicted octanol–water partition coefficient (Wildman–Crippen LogP) is 1.89. The molecule has 0 aromatic heterocycles. The van der Waals surface area contributed by atoms with E-state index >= 15 is 0 Å². The van der Waals surface area contributed by atoms with Gasteiger partial charge in [-0.1, -0.05) is 6.92 Å². The van der Waals surface area contributed by atoms with Crippen molar-refractivity contribution in [3.63, 3.8) is 0 Å². The Hall–Kier alpha value is -0.160. The molecule has 4 nitrogen and oxygen atoms in total. The highest BCUT2D eigenvalue weighted by atomic mass is 16.5. The second-order valence-electron chi connectivity index (χ2n) is 5.94. The molecule has 1 fully saturated rings. The third kappa shape index (κ3) is 8.58. The topological polar surface area (TPSA) is 33.7 Å². The van der Waals surface area contributed by atoms with E-state index in [1.807, 2.05) is 0 Å². The molecule has 0 bridgehead atoms. The Morgan fingerprint density at radius 1 is 1.00 bits per heavy atom. The normalized spacial score (nSPS) is 17.2. The number of nitrogens with zero attached hydrogens (tertiary/aromatic N) is 1. The fraction of sp³-hybridized carbons (Fsp3) is 1.00. The van der Waals surface area contributed by atoms with Gasteiger partial charge in [0.15, 0.2) is 0 Å². The summed E-state index contributed by atoms with van der Waals surface area (Å²) in [6.07, 6.45) is 3.83. The molecular formula is C15H32N2O2. The second kappa shape index (κ2) is 9.70. The second-order valence-corrected chi connectivity index (χ2v) is 5.94. The smallest absolute Gasteiger partial charge is 0.0701 e. The first-order chi connectivity index (χ1) is 9.14. The Kier molecular flexibility index (Phi) is 8.62. The number of hydrogen-bond donors (Lipinski definition) is 1. The van der Waals surface area contributed by atoms with Crippen LogP contribution in [0.5, 0.6) is 0 Å². The van der Waals surface area contributed by atoms with E-state index in [1.165, 1.54) is 25.9 Å². The van der Waals surface area contributed by atoms with Crippen LogP contribution in [0.25, 0.3) is 0 Å². The first-order valence-electron chi connectivity index (χ1n) is 7.77. The molecule has 0 aliphatic carbocycles. The molecule has 0 radical (unpaired) electrons. The fourth-order valence-electron chi connectivity index (χ4n) is 2.11. The van der Waals surface area contributed by atoms with E-state index in [9.17, 15) is 0 Å². The molecule has 4 heteroatoms. The summed E-state index contributed by atoms with van der Waals surface area (Å²) in [5.41, 5.74) is 0.218. The first kappa shape index (κ1) is 16.9. The average molecular weight is 272 g/mol. The summed E-state index contributed by atoms with van der Waals surface area (Å²) in [7, 11) is 0. The van der Waals surface area contributed by atoms with Crippen molar-refractivity contribution in [1.82, 2.24) is 10.2 Å². The van der Waals surface area contributed by atoms with Crippen LogP contribution in [0.1, 0.15) is 40.0 Å². The van der Waals surface area contributed by atoms with Crippen molar-refractivity contribution in [2.45, 2.75) is 45.6 Å². The molecule has 1 rings (SSSR count). The number of ether oxygens (including phenoxy) is 2. The molecule has 19 heavy (non-hydrogen) atoms. The summed E-state index contributed by atoms with van der Waals surface area (Å²) >= 11 is 0. The monoisotopic (exact) mass is 272 g/mol. The minimum atomic E-state index is 0.218. The largest absolute Gasteiger partial charge is 0.378 e. The summed E-state index contributed by atoms with van der Waals surface area (Å²) < 4.78 is 11.1. The molecule has 0 amide bonds. The summed E-state index contributed by atoms with van der Waals surface area (Å²) in [4.78, 5) is 2.47. The van der Waals surface area contributed by atoms with E-state index in [4.69, 9.17) is 9.47 Å². The molecular weight excluding hydrogens is 240 g/mol. The zero-order valence-electron chi connectivity index (χ0n) is 13.0. The van der Waals surface area contributed by atoms with Crippen LogP contribution in [0.3, 0.4) is 0 Å². The summed E-state index contributed by atoms with van der Waals surface area (Å²) in [5.74, 6) is 0. The van der Waals surface area contributed by atoms with Gasteiger partial charge in [-0.3, -0.25) is 0 Å².